The average Bonchev–Trinajstić information content (AvgIpc) is 2.20. The molecule has 12 heavy (non-hydrogen) atoms. The molecule has 0 radical (unpaired) electrons. The van der Waals surface area contributed by atoms with E-state index in [0.717, 1.165) is 13.0 Å². The summed E-state index contributed by atoms with van der Waals surface area (Å²) in [6.45, 7) is 11.1. The van der Waals surface area contributed by atoms with Gasteiger partial charge in [0.05, 0.1) is 6.10 Å². The number of ether oxygens (including phenoxy) is 1. The fourth-order valence-corrected chi connectivity index (χ4v) is 0.465. The van der Waals surface area contributed by atoms with Crippen LogP contribution in [0.3, 0.4) is 0 Å². The van der Waals surface area contributed by atoms with Gasteiger partial charge >= 0.3 is 0 Å². The molecular weight excluding hydrogens is 150 g/mol. The first-order chi connectivity index (χ1) is 5.81. The number of methoxy groups -OCH3 is 1. The predicted octanol–water partition coefficient (Wildman–Crippen LogP) is 2.68. The minimum atomic E-state index is 0.391. The summed E-state index contributed by atoms with van der Waals surface area (Å²) in [6, 6.07) is 0. The molecule has 0 heterocycles. The highest BCUT2D eigenvalue weighted by atomic mass is 16.5. The summed E-state index contributed by atoms with van der Waals surface area (Å²) >= 11 is 0. The lowest BCUT2D eigenvalue weighted by atomic mass is 10.3. The fourth-order valence-electron chi connectivity index (χ4n) is 0.465. The monoisotopic (exact) mass is 177 g/mol. The molecule has 1 N–H and O–H groups in total. The zero-order valence-corrected chi connectivity index (χ0v) is 9.90. The maximum absolute atomic E-state index is 5.01. The molecule has 0 aromatic carbocycles. The van der Waals surface area contributed by atoms with Gasteiger partial charge in [0.15, 0.2) is 0 Å². The first-order valence-corrected chi connectivity index (χ1v) is 4.98. The van der Waals surface area contributed by atoms with Crippen molar-refractivity contribution in [1.82, 2.24) is 5.32 Å². The molecule has 0 bridgehead atoms. The molecule has 0 saturated heterocycles. The van der Waals surface area contributed by atoms with Crippen molar-refractivity contribution >= 4 is 0 Å². The lowest BCUT2D eigenvalue weighted by molar-refractivity contribution is 0.111. The van der Waals surface area contributed by atoms with Gasteiger partial charge in [0.1, 0.15) is 0 Å². The number of nitrogens with one attached hydrogen (secondary N) is 1. The summed E-state index contributed by atoms with van der Waals surface area (Å²) in [7, 11) is 3.68. The third kappa shape index (κ3) is 22.5. The molecule has 0 aromatic heterocycles. The molecule has 0 aliphatic carbocycles. The quantitative estimate of drug-likeness (QED) is 0.713. The zero-order valence-electron chi connectivity index (χ0n) is 9.90. The van der Waals surface area contributed by atoms with E-state index in [2.05, 4.69) is 12.2 Å². The smallest absolute Gasteiger partial charge is 0.0555 e. The molecule has 1 unspecified atom stereocenters. The van der Waals surface area contributed by atoms with E-state index in [0.29, 0.717) is 6.10 Å². The van der Waals surface area contributed by atoms with Crippen LogP contribution in [0.4, 0.5) is 0 Å². The second-order valence-corrected chi connectivity index (χ2v) is 1.94. The van der Waals surface area contributed by atoms with Gasteiger partial charge in [-0.05, 0) is 26.9 Å². The first kappa shape index (κ1) is 17.9. The minimum absolute atomic E-state index is 0.391. The van der Waals surface area contributed by atoms with Crippen molar-refractivity contribution in [3.63, 3.8) is 0 Å². The van der Waals surface area contributed by atoms with Gasteiger partial charge in [-0.3, -0.25) is 0 Å². The summed E-state index contributed by atoms with van der Waals surface area (Å²) in [4.78, 5) is 0. The molecule has 2 heteroatoms. The van der Waals surface area contributed by atoms with E-state index >= 15 is 0 Å². The van der Waals surface area contributed by atoms with Crippen LogP contribution in [0.1, 0.15) is 41.0 Å². The molecule has 2 nitrogen and oxygen atoms in total. The third-order valence-electron chi connectivity index (χ3n) is 1.20. The topological polar surface area (TPSA) is 21.3 Å². The van der Waals surface area contributed by atoms with Gasteiger partial charge in [0.2, 0.25) is 0 Å². The molecule has 0 aliphatic heterocycles. The second-order valence-electron chi connectivity index (χ2n) is 1.94. The summed E-state index contributed by atoms with van der Waals surface area (Å²) in [6.07, 6.45) is 1.48. The third-order valence-corrected chi connectivity index (χ3v) is 1.20. The molecule has 1 atom stereocenters. The van der Waals surface area contributed by atoms with Crippen molar-refractivity contribution in [3.05, 3.63) is 0 Å². The van der Waals surface area contributed by atoms with Crippen LogP contribution in [0.15, 0.2) is 0 Å². The van der Waals surface area contributed by atoms with Crippen LogP contribution >= 0.6 is 0 Å². The maximum atomic E-state index is 5.01. The highest BCUT2D eigenvalue weighted by Crippen LogP contribution is 1.91. The Kier molecular flexibility index (Phi) is 33.4. The standard InChI is InChI=1S/C6H15NO.2C2H6/c1-6(8-3)4-5-7-2;2*1-2/h6-7H,4-5H2,1-3H3;2*1-2H3. The van der Waals surface area contributed by atoms with Crippen molar-refractivity contribution in [3.8, 4) is 0 Å². The van der Waals surface area contributed by atoms with E-state index in [4.69, 9.17) is 4.74 Å². The number of rotatable bonds is 4. The van der Waals surface area contributed by atoms with Crippen LogP contribution < -0.4 is 5.32 Å². The average molecular weight is 177 g/mol. The lowest BCUT2D eigenvalue weighted by Crippen LogP contribution is -2.15. The second kappa shape index (κ2) is 22.4. The molecule has 0 amide bonds. The van der Waals surface area contributed by atoms with Crippen molar-refractivity contribution in [2.24, 2.45) is 0 Å². The molecule has 0 saturated carbocycles. The van der Waals surface area contributed by atoms with Crippen molar-refractivity contribution < 1.29 is 4.74 Å². The Bertz CT molecular complexity index is 49.1. The van der Waals surface area contributed by atoms with E-state index < -0.39 is 0 Å². The van der Waals surface area contributed by atoms with Crippen LogP contribution in [0, 0.1) is 0 Å². The summed E-state index contributed by atoms with van der Waals surface area (Å²) in [5.41, 5.74) is 0. The molecule has 78 valence electrons. The fraction of sp³-hybridized carbons (Fsp3) is 1.00. The van der Waals surface area contributed by atoms with E-state index in [1.807, 2.05) is 34.7 Å². The molecule has 0 rings (SSSR count). The van der Waals surface area contributed by atoms with Gasteiger partial charge in [-0.1, -0.05) is 27.7 Å². The zero-order chi connectivity index (χ0) is 10.4. The van der Waals surface area contributed by atoms with Crippen molar-refractivity contribution in [2.75, 3.05) is 20.7 Å². The van der Waals surface area contributed by atoms with Gasteiger partial charge in [-0.2, -0.15) is 0 Å². The normalized spacial score (nSPS) is 10.2. The minimum Gasteiger partial charge on any atom is -0.382 e. The highest BCUT2D eigenvalue weighted by Gasteiger charge is 1.94. The van der Waals surface area contributed by atoms with Gasteiger partial charge in [0.25, 0.3) is 0 Å². The Morgan fingerprint density at radius 3 is 1.83 bits per heavy atom. The summed E-state index contributed by atoms with van der Waals surface area (Å²) in [5, 5.41) is 3.05. The highest BCUT2D eigenvalue weighted by molar-refractivity contribution is 4.49. The summed E-state index contributed by atoms with van der Waals surface area (Å²) in [5.74, 6) is 0. The molecule has 0 aliphatic rings. The Hall–Kier alpha value is -0.0800. The molecule has 0 aromatic rings. The van der Waals surface area contributed by atoms with Gasteiger partial charge in [-0.25, -0.2) is 0 Å². The Labute approximate surface area is 78.7 Å². The van der Waals surface area contributed by atoms with Crippen LogP contribution in [0.25, 0.3) is 0 Å². The Balaban J connectivity index is -0.000000175. The predicted molar refractivity (Wildman–Crippen MR) is 57.7 cm³/mol. The van der Waals surface area contributed by atoms with Crippen LogP contribution in [-0.4, -0.2) is 26.8 Å². The Morgan fingerprint density at radius 1 is 1.17 bits per heavy atom. The largest absolute Gasteiger partial charge is 0.382 e. The van der Waals surface area contributed by atoms with Gasteiger partial charge in [-0.15, -0.1) is 0 Å². The maximum Gasteiger partial charge on any atom is 0.0555 e. The number of hydrogen-bond acceptors (Lipinski definition) is 2. The lowest BCUT2D eigenvalue weighted by Gasteiger charge is -2.06. The Morgan fingerprint density at radius 2 is 1.58 bits per heavy atom. The molecule has 0 fully saturated rings. The van der Waals surface area contributed by atoms with Crippen LogP contribution in [0.5, 0.6) is 0 Å². The van der Waals surface area contributed by atoms with Crippen molar-refractivity contribution in [1.29, 1.82) is 0 Å². The van der Waals surface area contributed by atoms with Gasteiger partial charge in [0, 0.05) is 7.11 Å². The first-order valence-electron chi connectivity index (χ1n) is 4.98. The van der Waals surface area contributed by atoms with E-state index in [1.165, 1.54) is 0 Å². The van der Waals surface area contributed by atoms with E-state index in [9.17, 15) is 0 Å². The van der Waals surface area contributed by atoms with E-state index in [-0.39, 0.29) is 0 Å². The van der Waals surface area contributed by atoms with Crippen LogP contribution in [0.2, 0.25) is 0 Å². The molecule has 0 spiro atoms. The number of hydrogen-bond donors (Lipinski definition) is 1. The van der Waals surface area contributed by atoms with Gasteiger partial charge < -0.3 is 10.1 Å². The van der Waals surface area contributed by atoms with E-state index in [1.54, 1.807) is 7.11 Å². The van der Waals surface area contributed by atoms with Crippen molar-refractivity contribution in [2.45, 2.75) is 47.1 Å². The molecular formula is C10H27NO. The summed E-state index contributed by atoms with van der Waals surface area (Å²) < 4.78 is 5.01. The van der Waals surface area contributed by atoms with Crippen LogP contribution in [-0.2, 0) is 4.74 Å². The SMILES string of the molecule is CC.CC.CNCCC(C)OC.